The first-order valence-electron chi connectivity index (χ1n) is 4.54. The number of rotatable bonds is 3. The van der Waals surface area contributed by atoms with Crippen molar-refractivity contribution in [3.63, 3.8) is 0 Å². The van der Waals surface area contributed by atoms with E-state index in [1.165, 1.54) is 14.5 Å². The number of ether oxygens (including phenoxy) is 2. The molecule has 0 aromatic rings. The fourth-order valence-corrected chi connectivity index (χ4v) is 1.85. The predicted molar refractivity (Wildman–Crippen MR) is 48.3 cm³/mol. The molecule has 1 radical (unpaired) electrons. The molecule has 0 amide bonds. The number of fused-ring (bicyclic) bond motifs is 1. The topological polar surface area (TPSA) is 59.1 Å². The molecule has 0 aromatic carbocycles. The van der Waals surface area contributed by atoms with Gasteiger partial charge in [0, 0.05) is 13.0 Å². The molecule has 3 atom stereocenters. The molecule has 0 aliphatic carbocycles. The molecule has 6 heteroatoms. The van der Waals surface area contributed by atoms with Crippen LogP contribution in [0.4, 0.5) is 0 Å². The van der Waals surface area contributed by atoms with Crippen LogP contribution < -0.4 is 0 Å². The third-order valence-corrected chi connectivity index (χ3v) is 2.66. The standard InChI is InChI=1S/C8H11BNO4/c1-13-8(12)5-2-6-7(14-6)3-10(5)9-4-11/h4-7H,2-3H2,1H3/t5-,6-,7+/m0/s1. The fraction of sp³-hybridized carbons (Fsp3) is 0.750. The van der Waals surface area contributed by atoms with Crippen molar-refractivity contribution < 1.29 is 19.1 Å². The van der Waals surface area contributed by atoms with Gasteiger partial charge in [0.05, 0.1) is 25.5 Å². The molecule has 75 valence electrons. The van der Waals surface area contributed by atoms with E-state index < -0.39 is 0 Å². The highest BCUT2D eigenvalue weighted by atomic mass is 16.6. The van der Waals surface area contributed by atoms with Crippen LogP contribution in [-0.4, -0.2) is 56.3 Å². The maximum absolute atomic E-state index is 11.4. The van der Waals surface area contributed by atoms with Gasteiger partial charge in [-0.2, -0.15) is 0 Å². The number of carbonyl (C=O) groups excluding carboxylic acids is 2. The van der Waals surface area contributed by atoms with Gasteiger partial charge < -0.3 is 19.1 Å². The summed E-state index contributed by atoms with van der Waals surface area (Å²) in [5.74, 6) is -0.308. The first-order chi connectivity index (χ1) is 6.76. The van der Waals surface area contributed by atoms with Crippen LogP contribution in [0.3, 0.4) is 0 Å². The van der Waals surface area contributed by atoms with E-state index in [0.29, 0.717) is 19.2 Å². The molecule has 0 saturated carbocycles. The maximum Gasteiger partial charge on any atom is 0.322 e. The molecule has 0 N–H and O–H groups in total. The SMILES string of the molecule is COC(=O)[C@@H]1C[C@@H]2O[C@@H]2CN1[B]C=O. The Bertz CT molecular complexity index is 260. The number of hydrogen-bond acceptors (Lipinski definition) is 5. The van der Waals surface area contributed by atoms with Gasteiger partial charge in [0.25, 0.3) is 7.41 Å². The van der Waals surface area contributed by atoms with Crippen LogP contribution in [0.1, 0.15) is 6.42 Å². The highest BCUT2D eigenvalue weighted by Gasteiger charge is 2.49. The Morgan fingerprint density at radius 1 is 1.64 bits per heavy atom. The zero-order chi connectivity index (χ0) is 10.1. The van der Waals surface area contributed by atoms with Crippen LogP contribution >= 0.6 is 0 Å². The molecule has 0 spiro atoms. The lowest BCUT2D eigenvalue weighted by Crippen LogP contribution is -2.50. The molecule has 2 aliphatic rings. The average Bonchev–Trinajstić information content (AvgIpc) is 2.94. The van der Waals surface area contributed by atoms with Crippen LogP contribution in [0.15, 0.2) is 0 Å². The van der Waals surface area contributed by atoms with Gasteiger partial charge in [-0.05, 0) is 0 Å². The molecule has 2 rings (SSSR count). The highest BCUT2D eigenvalue weighted by molar-refractivity contribution is 6.64. The van der Waals surface area contributed by atoms with Crippen molar-refractivity contribution in [3.05, 3.63) is 0 Å². The minimum Gasteiger partial charge on any atom is -0.468 e. The number of esters is 1. The van der Waals surface area contributed by atoms with Crippen molar-refractivity contribution in [1.29, 1.82) is 0 Å². The molecule has 2 fully saturated rings. The van der Waals surface area contributed by atoms with E-state index in [0.717, 1.165) is 0 Å². The molecule has 2 heterocycles. The Hall–Kier alpha value is -0.875. The monoisotopic (exact) mass is 196 g/mol. The van der Waals surface area contributed by atoms with E-state index in [-0.39, 0.29) is 24.2 Å². The Morgan fingerprint density at radius 2 is 2.43 bits per heavy atom. The summed E-state index contributed by atoms with van der Waals surface area (Å²) in [6, 6.07) is -0.367. The van der Waals surface area contributed by atoms with Gasteiger partial charge in [-0.15, -0.1) is 0 Å². The van der Waals surface area contributed by atoms with E-state index in [1.54, 1.807) is 4.81 Å². The van der Waals surface area contributed by atoms with Gasteiger partial charge in [-0.1, -0.05) is 0 Å². The fourth-order valence-electron chi connectivity index (χ4n) is 1.85. The van der Waals surface area contributed by atoms with Gasteiger partial charge >= 0.3 is 5.97 Å². The molecular weight excluding hydrogens is 185 g/mol. The highest BCUT2D eigenvalue weighted by Crippen LogP contribution is 2.33. The van der Waals surface area contributed by atoms with Crippen LogP contribution in [-0.2, 0) is 19.1 Å². The van der Waals surface area contributed by atoms with E-state index >= 15 is 0 Å². The largest absolute Gasteiger partial charge is 0.468 e. The van der Waals surface area contributed by atoms with Crippen LogP contribution in [0.2, 0.25) is 0 Å². The van der Waals surface area contributed by atoms with Crippen molar-refractivity contribution in [2.24, 2.45) is 0 Å². The van der Waals surface area contributed by atoms with Crippen molar-refractivity contribution in [2.45, 2.75) is 24.7 Å². The average molecular weight is 196 g/mol. The quantitative estimate of drug-likeness (QED) is 0.246. The Labute approximate surface area is 82.6 Å². The second-order valence-corrected chi connectivity index (χ2v) is 3.47. The number of hydrogen-bond donors (Lipinski definition) is 0. The van der Waals surface area contributed by atoms with E-state index in [1.807, 2.05) is 0 Å². The van der Waals surface area contributed by atoms with Gasteiger partial charge in [0.2, 0.25) is 0 Å². The molecule has 0 unspecified atom stereocenters. The second-order valence-electron chi connectivity index (χ2n) is 3.47. The van der Waals surface area contributed by atoms with E-state index in [4.69, 9.17) is 4.74 Å². The van der Waals surface area contributed by atoms with Crippen molar-refractivity contribution in [3.8, 4) is 0 Å². The van der Waals surface area contributed by atoms with Crippen LogP contribution in [0.5, 0.6) is 0 Å². The number of nitrogens with zero attached hydrogens (tertiary/aromatic N) is 1. The van der Waals surface area contributed by atoms with E-state index in [9.17, 15) is 9.59 Å². The van der Waals surface area contributed by atoms with Crippen molar-refractivity contribution in [2.75, 3.05) is 13.7 Å². The summed E-state index contributed by atoms with van der Waals surface area (Å²) < 4.78 is 9.95. The number of epoxide rings is 1. The summed E-state index contributed by atoms with van der Waals surface area (Å²) in [7, 11) is 2.72. The summed E-state index contributed by atoms with van der Waals surface area (Å²) >= 11 is 0. The molecular formula is C8H11BNO4. The number of carbonyl (C=O) groups is 2. The summed E-state index contributed by atoms with van der Waals surface area (Å²) in [4.78, 5) is 23.4. The Balaban J connectivity index is 2.02. The zero-order valence-corrected chi connectivity index (χ0v) is 7.88. The van der Waals surface area contributed by atoms with Gasteiger partial charge in [0.1, 0.15) is 6.04 Å². The third kappa shape index (κ3) is 1.67. The minimum absolute atomic E-state index is 0.176. The molecule has 0 bridgehead atoms. The lowest BCUT2D eigenvalue weighted by atomic mass is 9.87. The molecule has 14 heavy (non-hydrogen) atoms. The molecule has 0 aromatic heterocycles. The summed E-state index contributed by atoms with van der Waals surface area (Å²) in [6.45, 7) is 0.600. The smallest absolute Gasteiger partial charge is 0.322 e. The van der Waals surface area contributed by atoms with Crippen molar-refractivity contribution in [1.82, 2.24) is 4.81 Å². The zero-order valence-electron chi connectivity index (χ0n) is 7.88. The first-order valence-corrected chi connectivity index (χ1v) is 4.54. The van der Waals surface area contributed by atoms with Gasteiger partial charge in [-0.25, -0.2) is 0 Å². The Morgan fingerprint density at radius 3 is 3.07 bits per heavy atom. The van der Waals surface area contributed by atoms with Gasteiger partial charge in [-0.3, -0.25) is 4.79 Å². The number of methoxy groups -OCH3 is 1. The minimum atomic E-state index is -0.367. The van der Waals surface area contributed by atoms with E-state index in [2.05, 4.69) is 4.74 Å². The van der Waals surface area contributed by atoms with Crippen molar-refractivity contribution >= 4 is 19.6 Å². The predicted octanol–water partition coefficient (Wildman–Crippen LogP) is -1.19. The maximum atomic E-state index is 11.4. The third-order valence-electron chi connectivity index (χ3n) is 2.66. The molecule has 2 saturated heterocycles. The summed E-state index contributed by atoms with van der Waals surface area (Å²) in [5.41, 5.74) is 0. The number of piperidine rings is 1. The van der Waals surface area contributed by atoms with Crippen LogP contribution in [0.25, 0.3) is 0 Å². The summed E-state index contributed by atoms with van der Waals surface area (Å²) in [6.07, 6.45) is 1.66. The van der Waals surface area contributed by atoms with Gasteiger partial charge in [0.15, 0.2) is 0 Å². The second kappa shape index (κ2) is 3.71. The molecule has 2 aliphatic heterocycles. The summed E-state index contributed by atoms with van der Waals surface area (Å²) in [5, 5.41) is 0. The first kappa shape index (κ1) is 9.67. The Kier molecular flexibility index (Phi) is 2.56. The lowest BCUT2D eigenvalue weighted by molar-refractivity contribution is -0.145. The normalized spacial score (nSPS) is 35.6. The lowest BCUT2D eigenvalue weighted by Gasteiger charge is -2.29. The molecule has 5 nitrogen and oxygen atoms in total. The van der Waals surface area contributed by atoms with Crippen LogP contribution in [0, 0.1) is 0 Å².